The van der Waals surface area contributed by atoms with Gasteiger partial charge in [-0.15, -0.1) is 0 Å². The van der Waals surface area contributed by atoms with Gasteiger partial charge in [0, 0.05) is 43.8 Å². The van der Waals surface area contributed by atoms with Crippen molar-refractivity contribution in [3.05, 3.63) is 47.9 Å². The van der Waals surface area contributed by atoms with Crippen LogP contribution < -0.4 is 10.1 Å². The summed E-state index contributed by atoms with van der Waals surface area (Å²) >= 11 is 0. The van der Waals surface area contributed by atoms with Gasteiger partial charge in [-0.3, -0.25) is 14.3 Å². The molecule has 9 nitrogen and oxygen atoms in total. The van der Waals surface area contributed by atoms with E-state index in [2.05, 4.69) is 20.3 Å². The molecule has 3 aromatic rings. The number of piperazine rings is 1. The number of fused-ring (bicyclic) bond motifs is 1. The van der Waals surface area contributed by atoms with E-state index < -0.39 is 17.8 Å². The first kappa shape index (κ1) is 23.5. The lowest BCUT2D eigenvalue weighted by molar-refractivity contribution is -0.141. The van der Waals surface area contributed by atoms with Gasteiger partial charge in [-0.25, -0.2) is 4.98 Å². The summed E-state index contributed by atoms with van der Waals surface area (Å²) in [6.45, 7) is 3.01. The van der Waals surface area contributed by atoms with E-state index in [0.717, 1.165) is 25.2 Å². The SMILES string of the molecule is COc1cc2nn(CC(=O)N3CCN(C)CC3)cc2cc1NC(=O)c1cccc(C(F)(F)F)n1. The van der Waals surface area contributed by atoms with Gasteiger partial charge in [0.15, 0.2) is 0 Å². The normalized spacial score (nSPS) is 14.9. The lowest BCUT2D eigenvalue weighted by atomic mass is 10.2. The Morgan fingerprint density at radius 3 is 2.56 bits per heavy atom. The van der Waals surface area contributed by atoms with E-state index >= 15 is 0 Å². The van der Waals surface area contributed by atoms with Crippen LogP contribution in [0.3, 0.4) is 0 Å². The first-order valence-corrected chi connectivity index (χ1v) is 10.5. The average molecular weight is 476 g/mol. The first-order valence-electron chi connectivity index (χ1n) is 10.5. The molecule has 2 aromatic heterocycles. The zero-order chi connectivity index (χ0) is 24.5. The molecule has 0 radical (unpaired) electrons. The van der Waals surface area contributed by atoms with Gasteiger partial charge in [-0.1, -0.05) is 6.07 Å². The molecule has 2 amide bonds. The third-order valence-corrected chi connectivity index (χ3v) is 5.55. The van der Waals surface area contributed by atoms with Crippen LogP contribution in [0, 0.1) is 0 Å². The molecular weight excluding hydrogens is 453 g/mol. The average Bonchev–Trinajstić information content (AvgIpc) is 3.19. The second-order valence-electron chi connectivity index (χ2n) is 7.98. The van der Waals surface area contributed by atoms with Crippen molar-refractivity contribution in [2.45, 2.75) is 12.7 Å². The van der Waals surface area contributed by atoms with E-state index in [4.69, 9.17) is 4.74 Å². The van der Waals surface area contributed by atoms with Crippen LogP contribution in [0.25, 0.3) is 10.9 Å². The van der Waals surface area contributed by atoms with Crippen molar-refractivity contribution in [3.63, 3.8) is 0 Å². The molecule has 1 aromatic carbocycles. The van der Waals surface area contributed by atoms with Gasteiger partial charge < -0.3 is 19.9 Å². The van der Waals surface area contributed by atoms with E-state index in [1.54, 1.807) is 23.2 Å². The number of halogens is 3. The predicted octanol–water partition coefficient (Wildman–Crippen LogP) is 2.49. The molecule has 0 unspecified atom stereocenters. The van der Waals surface area contributed by atoms with Gasteiger partial charge in [0.05, 0.1) is 18.3 Å². The van der Waals surface area contributed by atoms with E-state index in [1.807, 2.05) is 7.05 Å². The Kier molecular flexibility index (Phi) is 6.42. The van der Waals surface area contributed by atoms with Crippen LogP contribution in [-0.2, 0) is 17.5 Å². The predicted molar refractivity (Wildman–Crippen MR) is 118 cm³/mol. The molecule has 1 saturated heterocycles. The Morgan fingerprint density at radius 1 is 1.15 bits per heavy atom. The summed E-state index contributed by atoms with van der Waals surface area (Å²) in [5, 5.41) is 7.58. The lowest BCUT2D eigenvalue weighted by Crippen LogP contribution is -2.48. The van der Waals surface area contributed by atoms with Crippen molar-refractivity contribution < 1.29 is 27.5 Å². The molecule has 0 atom stereocenters. The quantitative estimate of drug-likeness (QED) is 0.609. The van der Waals surface area contributed by atoms with Crippen LogP contribution >= 0.6 is 0 Å². The number of benzene rings is 1. The number of hydrogen-bond acceptors (Lipinski definition) is 6. The molecule has 1 aliphatic rings. The highest BCUT2D eigenvalue weighted by Crippen LogP contribution is 2.31. The summed E-state index contributed by atoms with van der Waals surface area (Å²) in [7, 11) is 3.40. The molecular formula is C22H23F3N6O3. The van der Waals surface area contributed by atoms with Crippen molar-refractivity contribution >= 4 is 28.4 Å². The smallest absolute Gasteiger partial charge is 0.433 e. The number of nitrogens with zero attached hydrogens (tertiary/aromatic N) is 5. The summed E-state index contributed by atoms with van der Waals surface area (Å²) in [5.41, 5.74) is -0.762. The number of methoxy groups -OCH3 is 1. The molecule has 1 N–H and O–H groups in total. The van der Waals surface area contributed by atoms with Crippen LogP contribution in [0.4, 0.5) is 18.9 Å². The van der Waals surface area contributed by atoms with Crippen LogP contribution in [0.2, 0.25) is 0 Å². The Hall–Kier alpha value is -3.67. The number of nitrogens with one attached hydrogen (secondary N) is 1. The Balaban J connectivity index is 1.53. The van der Waals surface area contributed by atoms with Crippen LogP contribution in [0.5, 0.6) is 5.75 Å². The molecule has 1 aliphatic heterocycles. The highest BCUT2D eigenvalue weighted by Gasteiger charge is 2.33. The largest absolute Gasteiger partial charge is 0.494 e. The fraction of sp³-hybridized carbons (Fsp3) is 0.364. The topological polar surface area (TPSA) is 92.6 Å². The highest BCUT2D eigenvalue weighted by molar-refractivity contribution is 6.05. The Morgan fingerprint density at radius 2 is 1.88 bits per heavy atom. The maximum atomic E-state index is 12.9. The number of likely N-dealkylation sites (N-methyl/N-ethyl adjacent to an activating group) is 1. The van der Waals surface area contributed by atoms with E-state index in [0.29, 0.717) is 24.0 Å². The van der Waals surface area contributed by atoms with Gasteiger partial charge >= 0.3 is 6.18 Å². The minimum atomic E-state index is -4.66. The number of carbonyl (C=O) groups is 2. The van der Waals surface area contributed by atoms with Gasteiger partial charge in [-0.05, 0) is 25.2 Å². The minimum Gasteiger partial charge on any atom is -0.494 e. The number of pyridine rings is 1. The number of carbonyl (C=O) groups excluding carboxylic acids is 2. The Labute approximate surface area is 193 Å². The lowest BCUT2D eigenvalue weighted by Gasteiger charge is -2.32. The molecule has 4 rings (SSSR count). The minimum absolute atomic E-state index is 0.0444. The van der Waals surface area contributed by atoms with Crippen LogP contribution in [-0.4, -0.2) is 76.7 Å². The van der Waals surface area contributed by atoms with Gasteiger partial charge in [0.1, 0.15) is 23.7 Å². The molecule has 1 fully saturated rings. The number of amides is 2. The number of rotatable bonds is 5. The van der Waals surface area contributed by atoms with Crippen LogP contribution in [0.15, 0.2) is 36.5 Å². The third-order valence-electron chi connectivity index (χ3n) is 5.55. The van der Waals surface area contributed by atoms with Gasteiger partial charge in [-0.2, -0.15) is 18.3 Å². The molecule has 34 heavy (non-hydrogen) atoms. The standard InChI is InChI=1S/C22H23F3N6O3/c1-29-6-8-30(9-7-29)20(32)13-31-12-14-10-17(18(34-2)11-16(14)28-31)27-21(33)15-4-3-5-19(26-15)22(23,24)25/h3-5,10-12H,6-9,13H2,1-2H3,(H,27,33). The van der Waals surface area contributed by atoms with Crippen molar-refractivity contribution in [2.24, 2.45) is 0 Å². The zero-order valence-corrected chi connectivity index (χ0v) is 18.6. The third kappa shape index (κ3) is 5.11. The molecule has 0 spiro atoms. The molecule has 12 heteroatoms. The summed E-state index contributed by atoms with van der Waals surface area (Å²) in [5.74, 6) is -0.595. The maximum absolute atomic E-state index is 12.9. The van der Waals surface area contributed by atoms with E-state index in [1.165, 1.54) is 17.9 Å². The van der Waals surface area contributed by atoms with Crippen molar-refractivity contribution in [2.75, 3.05) is 45.7 Å². The first-order chi connectivity index (χ1) is 16.1. The number of ether oxygens (including phenoxy) is 1. The fourth-order valence-electron chi connectivity index (χ4n) is 3.65. The summed E-state index contributed by atoms with van der Waals surface area (Å²) in [6.07, 6.45) is -3.00. The monoisotopic (exact) mass is 476 g/mol. The fourth-order valence-corrected chi connectivity index (χ4v) is 3.65. The zero-order valence-electron chi connectivity index (χ0n) is 18.6. The van der Waals surface area contributed by atoms with Crippen molar-refractivity contribution in [3.8, 4) is 5.75 Å². The number of aromatic nitrogens is 3. The highest BCUT2D eigenvalue weighted by atomic mass is 19.4. The number of hydrogen-bond donors (Lipinski definition) is 1. The second kappa shape index (κ2) is 9.29. The van der Waals surface area contributed by atoms with Crippen molar-refractivity contribution in [1.29, 1.82) is 0 Å². The summed E-state index contributed by atoms with van der Waals surface area (Å²) in [6, 6.07) is 6.27. The number of alkyl halides is 3. The van der Waals surface area contributed by atoms with Gasteiger partial charge in [0.2, 0.25) is 5.91 Å². The summed E-state index contributed by atoms with van der Waals surface area (Å²) in [4.78, 5) is 32.5. The van der Waals surface area contributed by atoms with Gasteiger partial charge in [0.25, 0.3) is 5.91 Å². The van der Waals surface area contributed by atoms with Crippen LogP contribution in [0.1, 0.15) is 16.2 Å². The molecule has 3 heterocycles. The van der Waals surface area contributed by atoms with E-state index in [9.17, 15) is 22.8 Å². The van der Waals surface area contributed by atoms with E-state index in [-0.39, 0.29) is 29.6 Å². The molecule has 0 aliphatic carbocycles. The molecule has 0 bridgehead atoms. The van der Waals surface area contributed by atoms with Crippen molar-refractivity contribution in [1.82, 2.24) is 24.6 Å². The second-order valence-corrected chi connectivity index (χ2v) is 7.98. The Bertz CT molecular complexity index is 1220. The summed E-state index contributed by atoms with van der Waals surface area (Å²) < 4.78 is 45.6. The number of anilines is 1. The maximum Gasteiger partial charge on any atom is 0.433 e. The molecule has 0 saturated carbocycles. The molecule has 180 valence electrons.